The predicted molar refractivity (Wildman–Crippen MR) is 113 cm³/mol. The van der Waals surface area contributed by atoms with Crippen molar-refractivity contribution in [3.8, 4) is 0 Å². The van der Waals surface area contributed by atoms with Gasteiger partial charge in [-0.05, 0) is 30.6 Å². The topological polar surface area (TPSA) is 114 Å². The summed E-state index contributed by atoms with van der Waals surface area (Å²) in [4.78, 5) is 15.5. The van der Waals surface area contributed by atoms with Gasteiger partial charge in [-0.25, -0.2) is 9.97 Å². The van der Waals surface area contributed by atoms with Gasteiger partial charge in [-0.1, -0.05) is 0 Å². The maximum atomic E-state index is 13.2. The first kappa shape index (κ1) is 21.2. The minimum absolute atomic E-state index is 0.0234. The van der Waals surface area contributed by atoms with Gasteiger partial charge >= 0.3 is 6.18 Å². The molecule has 3 rings (SSSR count). The van der Waals surface area contributed by atoms with Gasteiger partial charge in [-0.3, -0.25) is 5.41 Å². The largest absolute Gasteiger partial charge is 0.416 e. The predicted octanol–water partition coefficient (Wildman–Crippen LogP) is 2.28. The van der Waals surface area contributed by atoms with Crippen LogP contribution in [0.25, 0.3) is 0 Å². The van der Waals surface area contributed by atoms with Crippen molar-refractivity contribution in [2.75, 3.05) is 22.5 Å². The molecule has 1 aromatic carbocycles. The summed E-state index contributed by atoms with van der Waals surface area (Å²) in [6, 6.07) is 3.38. The molecule has 0 aliphatic carbocycles. The average molecular weight is 416 g/mol. The van der Waals surface area contributed by atoms with Crippen LogP contribution in [0.15, 0.2) is 36.9 Å². The Kier molecular flexibility index (Phi) is 6.24. The van der Waals surface area contributed by atoms with E-state index in [1.54, 1.807) is 18.7 Å². The van der Waals surface area contributed by atoms with Gasteiger partial charge in [0.25, 0.3) is 0 Å². The van der Waals surface area contributed by atoms with E-state index in [9.17, 15) is 13.2 Å². The molecule has 0 radical (unpaired) electrons. The van der Waals surface area contributed by atoms with Crippen molar-refractivity contribution in [1.82, 2.24) is 19.9 Å². The normalized spacial score (nSPS) is 11.2. The zero-order chi connectivity index (χ0) is 21.7. The highest BCUT2D eigenvalue weighted by Crippen LogP contribution is 2.34. The molecule has 0 unspecified atom stereocenters. The van der Waals surface area contributed by atoms with Crippen molar-refractivity contribution >= 4 is 42.3 Å². The molecule has 3 aromatic rings. The number of imidazole rings is 1. The van der Waals surface area contributed by atoms with Crippen LogP contribution in [0, 0.1) is 5.41 Å². The molecule has 0 fully saturated rings. The molecule has 0 spiro atoms. The number of H-pyrrole nitrogens is 1. The Balaban J connectivity index is 1.78. The lowest BCUT2D eigenvalue weighted by atomic mass is 9.99. The number of amidine groups is 1. The molecule has 0 atom stereocenters. The number of halogens is 3. The van der Waals surface area contributed by atoms with E-state index in [4.69, 9.17) is 5.41 Å². The van der Waals surface area contributed by atoms with E-state index >= 15 is 0 Å². The van der Waals surface area contributed by atoms with Gasteiger partial charge < -0.3 is 20.9 Å². The highest BCUT2D eigenvalue weighted by molar-refractivity contribution is 6.35. The molecule has 30 heavy (non-hydrogen) atoms. The number of anilines is 4. The summed E-state index contributed by atoms with van der Waals surface area (Å²) >= 11 is 0. The number of aromatic nitrogens is 4. The SMILES string of the molecule is Bc1cnc(Nc2cc(NC(C)=N)cc(C(F)(F)F)c2)nc1NCCc1c[nH]cn1. The van der Waals surface area contributed by atoms with Gasteiger partial charge in [0, 0.05) is 36.7 Å². The lowest BCUT2D eigenvalue weighted by molar-refractivity contribution is -0.137. The lowest BCUT2D eigenvalue weighted by Crippen LogP contribution is -2.18. The van der Waals surface area contributed by atoms with Crippen molar-refractivity contribution in [1.29, 1.82) is 5.41 Å². The van der Waals surface area contributed by atoms with E-state index in [1.807, 2.05) is 7.85 Å². The fourth-order valence-electron chi connectivity index (χ4n) is 2.70. The molecule has 5 N–H and O–H groups in total. The first-order valence-corrected chi connectivity index (χ1v) is 9.07. The molecule has 156 valence electrons. The van der Waals surface area contributed by atoms with Gasteiger partial charge in [0.1, 0.15) is 13.7 Å². The van der Waals surface area contributed by atoms with E-state index in [-0.39, 0.29) is 23.2 Å². The molecule has 0 saturated heterocycles. The van der Waals surface area contributed by atoms with E-state index in [2.05, 4.69) is 35.9 Å². The van der Waals surface area contributed by atoms with E-state index in [0.29, 0.717) is 18.8 Å². The zero-order valence-corrected chi connectivity index (χ0v) is 16.4. The van der Waals surface area contributed by atoms with Crippen molar-refractivity contribution in [3.05, 3.63) is 48.2 Å². The Morgan fingerprint density at radius 2 is 1.97 bits per heavy atom. The fourth-order valence-corrected chi connectivity index (χ4v) is 2.70. The number of hydrogen-bond acceptors (Lipinski definition) is 6. The summed E-state index contributed by atoms with van der Waals surface area (Å²) in [5.74, 6) is 0.749. The first-order valence-electron chi connectivity index (χ1n) is 9.07. The van der Waals surface area contributed by atoms with Gasteiger partial charge in [-0.2, -0.15) is 18.2 Å². The standard InChI is InChI=1S/C18H20BF3N8/c1-10(23)28-13-4-11(18(20,21)22)5-14(6-13)29-17-26-8-15(19)16(30-17)25-3-2-12-7-24-9-27-12/h4-9H,2-3,19H2,1H3,(H2,23,28)(H,24,27)(H2,25,26,29,30). The number of alkyl halides is 3. The monoisotopic (exact) mass is 416 g/mol. The molecule has 12 heteroatoms. The number of rotatable bonds is 7. The Bertz CT molecular complexity index is 1020. The second kappa shape index (κ2) is 8.85. The summed E-state index contributed by atoms with van der Waals surface area (Å²) in [6.45, 7) is 2.02. The average Bonchev–Trinajstić information content (AvgIpc) is 3.16. The van der Waals surface area contributed by atoms with Crippen LogP contribution in [0.4, 0.5) is 36.3 Å². The number of hydrogen-bond donors (Lipinski definition) is 5. The zero-order valence-electron chi connectivity index (χ0n) is 16.4. The van der Waals surface area contributed by atoms with Crippen LogP contribution in [0.3, 0.4) is 0 Å². The summed E-state index contributed by atoms with van der Waals surface area (Å²) in [7, 11) is 1.83. The highest BCUT2D eigenvalue weighted by atomic mass is 19.4. The van der Waals surface area contributed by atoms with Crippen LogP contribution >= 0.6 is 0 Å². The van der Waals surface area contributed by atoms with Crippen molar-refractivity contribution < 1.29 is 13.2 Å². The summed E-state index contributed by atoms with van der Waals surface area (Å²) < 4.78 is 39.7. The van der Waals surface area contributed by atoms with Crippen LogP contribution in [0.2, 0.25) is 0 Å². The Hall–Kier alpha value is -3.57. The van der Waals surface area contributed by atoms with Crippen molar-refractivity contribution in [2.24, 2.45) is 0 Å². The maximum Gasteiger partial charge on any atom is 0.416 e. The molecule has 0 amide bonds. The van der Waals surface area contributed by atoms with Crippen LogP contribution in [-0.4, -0.2) is 40.2 Å². The number of nitrogens with zero attached hydrogens (tertiary/aromatic N) is 3. The molecular formula is C18H20BF3N8. The number of benzene rings is 1. The third-order valence-electron chi connectivity index (χ3n) is 4.05. The fraction of sp³-hybridized carbons (Fsp3) is 0.222. The van der Waals surface area contributed by atoms with Gasteiger partial charge in [-0.15, -0.1) is 0 Å². The third-order valence-corrected chi connectivity index (χ3v) is 4.05. The summed E-state index contributed by atoms with van der Waals surface area (Å²) in [5.41, 5.74) is 1.15. The Morgan fingerprint density at radius 1 is 1.20 bits per heavy atom. The quantitative estimate of drug-likeness (QED) is 0.229. The molecule has 8 nitrogen and oxygen atoms in total. The van der Waals surface area contributed by atoms with Crippen LogP contribution in [0.5, 0.6) is 0 Å². The van der Waals surface area contributed by atoms with E-state index in [0.717, 1.165) is 23.3 Å². The molecule has 2 heterocycles. The first-order chi connectivity index (χ1) is 14.2. The molecule has 0 bridgehead atoms. The Morgan fingerprint density at radius 3 is 2.63 bits per heavy atom. The molecule has 0 saturated carbocycles. The van der Waals surface area contributed by atoms with E-state index < -0.39 is 11.7 Å². The van der Waals surface area contributed by atoms with Gasteiger partial charge in [0.2, 0.25) is 5.95 Å². The Labute approximate surface area is 171 Å². The summed E-state index contributed by atoms with van der Waals surface area (Å²) in [6.07, 6.45) is 1.14. The highest BCUT2D eigenvalue weighted by Gasteiger charge is 2.31. The molecule has 2 aromatic heterocycles. The van der Waals surface area contributed by atoms with Crippen molar-refractivity contribution in [3.63, 3.8) is 0 Å². The number of aromatic amines is 1. The minimum atomic E-state index is -4.53. The summed E-state index contributed by atoms with van der Waals surface area (Å²) in [5, 5.41) is 16.0. The van der Waals surface area contributed by atoms with Gasteiger partial charge in [0.15, 0.2) is 0 Å². The molecule has 0 aliphatic heterocycles. The number of nitrogens with one attached hydrogen (secondary N) is 5. The van der Waals surface area contributed by atoms with Crippen molar-refractivity contribution in [2.45, 2.75) is 19.5 Å². The lowest BCUT2D eigenvalue weighted by Gasteiger charge is -2.15. The van der Waals surface area contributed by atoms with Gasteiger partial charge in [0.05, 0.1) is 23.4 Å². The van der Waals surface area contributed by atoms with Crippen LogP contribution in [-0.2, 0) is 12.6 Å². The molecular weight excluding hydrogens is 396 g/mol. The van der Waals surface area contributed by atoms with E-state index in [1.165, 1.54) is 13.0 Å². The smallest absolute Gasteiger partial charge is 0.370 e. The molecule has 0 aliphatic rings. The second-order valence-electron chi connectivity index (χ2n) is 6.63. The maximum absolute atomic E-state index is 13.2. The van der Waals surface area contributed by atoms with Crippen LogP contribution in [0.1, 0.15) is 18.2 Å². The minimum Gasteiger partial charge on any atom is -0.370 e. The second-order valence-corrected chi connectivity index (χ2v) is 6.63. The third kappa shape index (κ3) is 5.72. The van der Waals surface area contributed by atoms with Crippen LogP contribution < -0.4 is 21.4 Å².